The summed E-state index contributed by atoms with van der Waals surface area (Å²) in [6, 6.07) is 0. The van der Waals surface area contributed by atoms with Crippen LogP contribution in [0.3, 0.4) is 0 Å². The van der Waals surface area contributed by atoms with Crippen molar-refractivity contribution >= 4 is 12.1 Å². The van der Waals surface area contributed by atoms with Crippen molar-refractivity contribution in [3.05, 3.63) is 22.9 Å². The summed E-state index contributed by atoms with van der Waals surface area (Å²) in [6.45, 7) is 4.19. The van der Waals surface area contributed by atoms with E-state index in [-0.39, 0.29) is 22.9 Å². The fourth-order valence-corrected chi connectivity index (χ4v) is 7.10. The van der Waals surface area contributed by atoms with Gasteiger partial charge in [-0.3, -0.25) is 4.79 Å². The zero-order valence-electron chi connectivity index (χ0n) is 15.5. The van der Waals surface area contributed by atoms with E-state index >= 15 is 0 Å². The number of allylic oxidation sites excluding steroid dienone is 1. The summed E-state index contributed by atoms with van der Waals surface area (Å²) < 4.78 is 0. The molecule has 0 spiro atoms. The number of carbonyl (C=O) groups is 2. The Morgan fingerprint density at radius 3 is 2.46 bits per heavy atom. The molecule has 6 atom stereocenters. The third-order valence-electron chi connectivity index (χ3n) is 8.54. The highest BCUT2D eigenvalue weighted by atomic mass is 16.3. The van der Waals surface area contributed by atoms with Gasteiger partial charge in [-0.05, 0) is 80.1 Å². The van der Waals surface area contributed by atoms with E-state index in [9.17, 15) is 24.9 Å². The van der Waals surface area contributed by atoms with Crippen molar-refractivity contribution in [3.63, 3.8) is 0 Å². The number of Topliss-reactive ketones (excluding diaryl/α,β-unsaturated/α-hetero) is 1. The predicted octanol–water partition coefficient (Wildman–Crippen LogP) is 4.16. The minimum Gasteiger partial charge on any atom is -0.507 e. The van der Waals surface area contributed by atoms with Crippen molar-refractivity contribution in [1.29, 1.82) is 0 Å². The van der Waals surface area contributed by atoms with Gasteiger partial charge in [0.15, 0.2) is 5.76 Å². The topological polar surface area (TPSA) is 94.8 Å². The molecule has 0 aliphatic heterocycles. The minimum absolute atomic E-state index is 0.0942. The number of rotatable bonds is 2. The Hall–Kier alpha value is -1.78. The maximum atomic E-state index is 12.0. The quantitative estimate of drug-likeness (QED) is 0.643. The van der Waals surface area contributed by atoms with Gasteiger partial charge in [0.05, 0.1) is 5.41 Å². The lowest BCUT2D eigenvalue weighted by Gasteiger charge is -2.57. The van der Waals surface area contributed by atoms with E-state index in [1.807, 2.05) is 6.92 Å². The summed E-state index contributed by atoms with van der Waals surface area (Å²) in [5.74, 6) is -0.828. The highest BCUT2D eigenvalue weighted by molar-refractivity contribution is 6.07. The van der Waals surface area contributed by atoms with Crippen LogP contribution in [-0.2, 0) is 9.59 Å². The maximum absolute atomic E-state index is 12.0. The molecule has 0 unspecified atom stereocenters. The van der Waals surface area contributed by atoms with E-state index in [4.69, 9.17) is 0 Å². The summed E-state index contributed by atoms with van der Waals surface area (Å²) in [7, 11) is 0. The lowest BCUT2D eigenvalue weighted by Crippen LogP contribution is -2.52. The van der Waals surface area contributed by atoms with Crippen molar-refractivity contribution in [1.82, 2.24) is 0 Å². The Labute approximate surface area is 153 Å². The van der Waals surface area contributed by atoms with Crippen LogP contribution in [0, 0.1) is 34.5 Å². The van der Waals surface area contributed by atoms with Gasteiger partial charge in [-0.2, -0.15) is 0 Å². The molecule has 5 heteroatoms. The summed E-state index contributed by atoms with van der Waals surface area (Å²) >= 11 is 0. The van der Waals surface area contributed by atoms with E-state index in [2.05, 4.69) is 6.92 Å². The molecule has 4 aliphatic rings. The molecule has 3 fully saturated rings. The Kier molecular flexibility index (Phi) is 3.80. The fraction of sp³-hybridized carbons (Fsp3) is 0.714. The van der Waals surface area contributed by atoms with E-state index < -0.39 is 17.0 Å². The van der Waals surface area contributed by atoms with E-state index in [1.165, 1.54) is 0 Å². The van der Waals surface area contributed by atoms with Crippen molar-refractivity contribution in [2.24, 2.45) is 34.5 Å². The third-order valence-corrected chi connectivity index (χ3v) is 8.54. The highest BCUT2D eigenvalue weighted by Crippen LogP contribution is 2.67. The average Bonchev–Trinajstić information content (AvgIpc) is 2.95. The molecule has 0 heterocycles. The number of fused-ring (bicyclic) bond motifs is 5. The van der Waals surface area contributed by atoms with Gasteiger partial charge >= 0.3 is 0 Å². The number of hydrogen-bond acceptors (Lipinski definition) is 5. The number of aldehydes is 1. The molecule has 0 aromatic rings. The van der Waals surface area contributed by atoms with Crippen LogP contribution >= 0.6 is 0 Å². The molecule has 26 heavy (non-hydrogen) atoms. The van der Waals surface area contributed by atoms with E-state index in [0.29, 0.717) is 36.2 Å². The first-order valence-electron chi connectivity index (χ1n) is 9.80. The molecule has 0 radical (unpaired) electrons. The normalized spacial score (nSPS) is 45.2. The minimum atomic E-state index is -0.866. The Balaban J connectivity index is 1.75. The van der Waals surface area contributed by atoms with Gasteiger partial charge in [-0.25, -0.2) is 0 Å². The van der Waals surface area contributed by atoms with Crippen LogP contribution in [0.1, 0.15) is 58.8 Å². The summed E-state index contributed by atoms with van der Waals surface area (Å²) in [4.78, 5) is 23.1. The maximum Gasteiger partial charge on any atom is 0.265 e. The van der Waals surface area contributed by atoms with E-state index in [0.717, 1.165) is 38.4 Å². The molecule has 5 nitrogen and oxygen atoms in total. The lowest BCUT2D eigenvalue weighted by molar-refractivity contribution is -0.119. The van der Waals surface area contributed by atoms with Gasteiger partial charge in [-0.15, -0.1) is 0 Å². The Bertz CT molecular complexity index is 735. The molecule has 4 aliphatic carbocycles. The predicted molar refractivity (Wildman–Crippen MR) is 95.5 cm³/mol. The van der Waals surface area contributed by atoms with Crippen molar-refractivity contribution in [2.45, 2.75) is 58.8 Å². The second kappa shape index (κ2) is 5.61. The summed E-state index contributed by atoms with van der Waals surface area (Å²) in [5.41, 5.74) is -0.132. The van der Waals surface area contributed by atoms with E-state index in [1.54, 1.807) is 0 Å². The number of aliphatic hydroxyl groups is 3. The summed E-state index contributed by atoms with van der Waals surface area (Å²) in [6.07, 6.45) is 7.12. The molecule has 142 valence electrons. The van der Waals surface area contributed by atoms with Crippen LogP contribution in [0.2, 0.25) is 0 Å². The van der Waals surface area contributed by atoms with Crippen molar-refractivity contribution in [3.8, 4) is 0 Å². The van der Waals surface area contributed by atoms with Crippen LogP contribution in [0.15, 0.2) is 22.9 Å². The molecular formula is C21H28O5. The molecule has 0 amide bonds. The Morgan fingerprint density at radius 1 is 1.04 bits per heavy atom. The smallest absolute Gasteiger partial charge is 0.265 e. The molecule has 0 bridgehead atoms. The number of carbonyl (C=O) groups excluding carboxylic acids is 2. The first-order chi connectivity index (χ1) is 12.3. The molecule has 3 saturated carbocycles. The molecule has 0 aromatic heterocycles. The van der Waals surface area contributed by atoms with Crippen LogP contribution in [0.5, 0.6) is 0 Å². The standard InChI is InChI=1S/C21H28O5/c1-20-9-7-14-12(13(20)5-3-11(20)8-10-22)4-6-15-16(23)17(24)18(25)19(26)21(14,15)2/h10-14,23,25-26H,3-9H2,1-2H3/t11-,12+,13+,14+,20-,21-/m1/s1. The third kappa shape index (κ3) is 1.97. The largest absolute Gasteiger partial charge is 0.507 e. The molecular weight excluding hydrogens is 332 g/mol. The highest BCUT2D eigenvalue weighted by Gasteiger charge is 2.61. The van der Waals surface area contributed by atoms with Gasteiger partial charge in [0.1, 0.15) is 12.0 Å². The van der Waals surface area contributed by atoms with Crippen molar-refractivity contribution < 1.29 is 24.9 Å². The zero-order chi connectivity index (χ0) is 18.9. The molecule has 0 aromatic carbocycles. The second-order valence-electron chi connectivity index (χ2n) is 9.19. The van der Waals surface area contributed by atoms with Crippen LogP contribution in [-0.4, -0.2) is 27.4 Å². The first kappa shape index (κ1) is 17.6. The number of aliphatic hydroxyl groups excluding tert-OH is 3. The second-order valence-corrected chi connectivity index (χ2v) is 9.19. The zero-order valence-corrected chi connectivity index (χ0v) is 15.5. The molecule has 0 saturated heterocycles. The molecule has 3 N–H and O–H groups in total. The Morgan fingerprint density at radius 2 is 1.77 bits per heavy atom. The monoisotopic (exact) mass is 360 g/mol. The average molecular weight is 360 g/mol. The lowest BCUT2D eigenvalue weighted by atomic mass is 9.47. The fourth-order valence-electron chi connectivity index (χ4n) is 7.10. The summed E-state index contributed by atoms with van der Waals surface area (Å²) in [5, 5.41) is 31.2. The molecule has 4 rings (SSSR count). The van der Waals surface area contributed by atoms with Gasteiger partial charge < -0.3 is 20.1 Å². The SMILES string of the molecule is C[C@]12C(O)=C(O)C(=O)C(O)=C1CC[C@@H]1[C@@H]2CC[C@]2(C)[C@@H](CC=O)CC[C@@H]12. The first-order valence-corrected chi connectivity index (χ1v) is 9.80. The van der Waals surface area contributed by atoms with Crippen molar-refractivity contribution in [2.75, 3.05) is 0 Å². The van der Waals surface area contributed by atoms with Gasteiger partial charge in [0, 0.05) is 6.42 Å². The van der Waals surface area contributed by atoms with Crippen LogP contribution < -0.4 is 0 Å². The van der Waals surface area contributed by atoms with Gasteiger partial charge in [-0.1, -0.05) is 6.92 Å². The van der Waals surface area contributed by atoms with Crippen LogP contribution in [0.25, 0.3) is 0 Å². The van der Waals surface area contributed by atoms with Gasteiger partial charge in [0.25, 0.3) is 5.78 Å². The van der Waals surface area contributed by atoms with Crippen LogP contribution in [0.4, 0.5) is 0 Å². The number of hydrogen-bond donors (Lipinski definition) is 3. The number of ketones is 1. The van der Waals surface area contributed by atoms with Gasteiger partial charge in [0.2, 0.25) is 5.76 Å².